The van der Waals surface area contributed by atoms with E-state index in [1.807, 2.05) is 25.1 Å². The lowest BCUT2D eigenvalue weighted by Gasteiger charge is -2.11. The Morgan fingerprint density at radius 2 is 1.83 bits per heavy atom. The van der Waals surface area contributed by atoms with Crippen LogP contribution in [0.1, 0.15) is 5.56 Å². The van der Waals surface area contributed by atoms with Crippen LogP contribution in [0.25, 0.3) is 0 Å². The first kappa shape index (κ1) is 15.7. The molecule has 0 saturated carbocycles. The van der Waals surface area contributed by atoms with E-state index in [0.717, 1.165) is 11.3 Å². The first-order valence-corrected chi connectivity index (χ1v) is 7.28. The predicted molar refractivity (Wildman–Crippen MR) is 90.5 cm³/mol. The van der Waals surface area contributed by atoms with Gasteiger partial charge in [0, 0.05) is 5.69 Å². The number of nitrogens with one attached hydrogen (secondary N) is 2. The Balaban J connectivity index is 1.80. The SMILES string of the molecule is COc1ccc(C)cc1Nc1cnnc(Nc2ccc(F)cc2)n1. The highest BCUT2D eigenvalue weighted by molar-refractivity contribution is 5.65. The van der Waals surface area contributed by atoms with E-state index in [1.54, 1.807) is 19.2 Å². The number of hydrogen-bond acceptors (Lipinski definition) is 6. The summed E-state index contributed by atoms with van der Waals surface area (Å²) in [5, 5.41) is 14.0. The molecule has 0 aliphatic heterocycles. The molecule has 1 heterocycles. The van der Waals surface area contributed by atoms with Gasteiger partial charge in [-0.3, -0.25) is 0 Å². The van der Waals surface area contributed by atoms with Gasteiger partial charge in [-0.25, -0.2) is 4.39 Å². The molecule has 0 aliphatic carbocycles. The highest BCUT2D eigenvalue weighted by atomic mass is 19.1. The largest absolute Gasteiger partial charge is 0.495 e. The van der Waals surface area contributed by atoms with Gasteiger partial charge in [0.1, 0.15) is 11.6 Å². The van der Waals surface area contributed by atoms with E-state index in [0.29, 0.717) is 23.2 Å². The van der Waals surface area contributed by atoms with Crippen molar-refractivity contribution in [3.63, 3.8) is 0 Å². The average molecular weight is 325 g/mol. The zero-order chi connectivity index (χ0) is 16.9. The molecular formula is C17H16FN5O. The second-order valence-electron chi connectivity index (χ2n) is 5.13. The van der Waals surface area contributed by atoms with E-state index >= 15 is 0 Å². The molecule has 0 fully saturated rings. The van der Waals surface area contributed by atoms with Gasteiger partial charge < -0.3 is 15.4 Å². The molecule has 0 aliphatic rings. The number of anilines is 4. The number of benzene rings is 2. The molecule has 2 N–H and O–H groups in total. The average Bonchev–Trinajstić information content (AvgIpc) is 2.58. The number of nitrogens with zero attached hydrogens (tertiary/aromatic N) is 3. The maximum Gasteiger partial charge on any atom is 0.249 e. The minimum Gasteiger partial charge on any atom is -0.495 e. The second-order valence-corrected chi connectivity index (χ2v) is 5.13. The van der Waals surface area contributed by atoms with E-state index in [1.165, 1.54) is 18.3 Å². The molecule has 0 spiro atoms. The number of aryl methyl sites for hydroxylation is 1. The fourth-order valence-electron chi connectivity index (χ4n) is 2.14. The summed E-state index contributed by atoms with van der Waals surface area (Å²) in [6.07, 6.45) is 1.51. The van der Waals surface area contributed by atoms with Gasteiger partial charge in [0.25, 0.3) is 0 Å². The van der Waals surface area contributed by atoms with Gasteiger partial charge in [-0.15, -0.1) is 5.10 Å². The summed E-state index contributed by atoms with van der Waals surface area (Å²) in [7, 11) is 1.61. The van der Waals surface area contributed by atoms with E-state index in [2.05, 4.69) is 25.8 Å². The molecule has 0 radical (unpaired) electrons. The van der Waals surface area contributed by atoms with Crippen LogP contribution in [0.3, 0.4) is 0 Å². The van der Waals surface area contributed by atoms with Crippen LogP contribution in [0.2, 0.25) is 0 Å². The molecule has 3 aromatic rings. The molecule has 6 nitrogen and oxygen atoms in total. The Labute approximate surface area is 138 Å². The number of rotatable bonds is 5. The highest BCUT2D eigenvalue weighted by Crippen LogP contribution is 2.28. The van der Waals surface area contributed by atoms with Crippen molar-refractivity contribution in [2.45, 2.75) is 6.92 Å². The molecule has 24 heavy (non-hydrogen) atoms. The quantitative estimate of drug-likeness (QED) is 0.743. The Morgan fingerprint density at radius 3 is 2.58 bits per heavy atom. The first-order valence-electron chi connectivity index (χ1n) is 7.28. The van der Waals surface area contributed by atoms with Crippen molar-refractivity contribution in [3.05, 3.63) is 60.0 Å². The zero-order valence-corrected chi connectivity index (χ0v) is 13.2. The van der Waals surface area contributed by atoms with Crippen molar-refractivity contribution >= 4 is 23.1 Å². The smallest absolute Gasteiger partial charge is 0.249 e. The molecule has 0 amide bonds. The highest BCUT2D eigenvalue weighted by Gasteiger charge is 2.06. The topological polar surface area (TPSA) is 72.0 Å². The van der Waals surface area contributed by atoms with Gasteiger partial charge in [0.2, 0.25) is 5.95 Å². The molecule has 122 valence electrons. The monoisotopic (exact) mass is 325 g/mol. The van der Waals surface area contributed by atoms with Gasteiger partial charge in [-0.05, 0) is 48.9 Å². The van der Waals surface area contributed by atoms with Crippen molar-refractivity contribution < 1.29 is 9.13 Å². The van der Waals surface area contributed by atoms with Crippen LogP contribution in [0.4, 0.5) is 27.5 Å². The second kappa shape index (κ2) is 6.91. The zero-order valence-electron chi connectivity index (χ0n) is 13.2. The number of halogens is 1. The fraction of sp³-hybridized carbons (Fsp3) is 0.118. The summed E-state index contributed by atoms with van der Waals surface area (Å²) in [4.78, 5) is 4.35. The molecule has 2 aromatic carbocycles. The van der Waals surface area contributed by atoms with Crippen molar-refractivity contribution in [2.24, 2.45) is 0 Å². The fourth-order valence-corrected chi connectivity index (χ4v) is 2.14. The van der Waals surface area contributed by atoms with Crippen LogP contribution in [0.5, 0.6) is 5.75 Å². The van der Waals surface area contributed by atoms with Crippen LogP contribution in [0, 0.1) is 12.7 Å². The molecule has 3 rings (SSSR count). The van der Waals surface area contributed by atoms with Crippen LogP contribution < -0.4 is 15.4 Å². The minimum absolute atomic E-state index is 0.304. The third kappa shape index (κ3) is 3.75. The van der Waals surface area contributed by atoms with Gasteiger partial charge in [0.15, 0.2) is 5.82 Å². The summed E-state index contributed by atoms with van der Waals surface area (Å²) >= 11 is 0. The van der Waals surface area contributed by atoms with Gasteiger partial charge in [-0.2, -0.15) is 10.1 Å². The van der Waals surface area contributed by atoms with Crippen LogP contribution in [0.15, 0.2) is 48.7 Å². The summed E-state index contributed by atoms with van der Waals surface area (Å²) < 4.78 is 18.3. The molecule has 7 heteroatoms. The van der Waals surface area contributed by atoms with Gasteiger partial charge in [0.05, 0.1) is 19.0 Å². The standard InChI is InChI=1S/C17H16FN5O/c1-11-3-8-15(24-2)14(9-11)21-16-10-19-23-17(22-16)20-13-6-4-12(18)5-7-13/h3-10H,1-2H3,(H2,20,21,22,23). The molecular weight excluding hydrogens is 309 g/mol. The lowest BCUT2D eigenvalue weighted by molar-refractivity contribution is 0.416. The molecule has 0 saturated heterocycles. The van der Waals surface area contributed by atoms with Gasteiger partial charge in [-0.1, -0.05) is 6.07 Å². The number of methoxy groups -OCH3 is 1. The lowest BCUT2D eigenvalue weighted by atomic mass is 10.2. The van der Waals surface area contributed by atoms with Gasteiger partial charge >= 0.3 is 0 Å². The van der Waals surface area contributed by atoms with Crippen molar-refractivity contribution in [3.8, 4) is 5.75 Å². The molecule has 0 atom stereocenters. The lowest BCUT2D eigenvalue weighted by Crippen LogP contribution is -2.03. The number of aromatic nitrogens is 3. The summed E-state index contributed by atoms with van der Waals surface area (Å²) in [5.41, 5.74) is 2.54. The van der Waals surface area contributed by atoms with Crippen molar-refractivity contribution in [1.82, 2.24) is 15.2 Å². The molecule has 0 bridgehead atoms. The van der Waals surface area contributed by atoms with Crippen LogP contribution in [-0.4, -0.2) is 22.3 Å². The normalized spacial score (nSPS) is 10.3. The van der Waals surface area contributed by atoms with Crippen molar-refractivity contribution in [2.75, 3.05) is 17.7 Å². The number of hydrogen-bond donors (Lipinski definition) is 2. The van der Waals surface area contributed by atoms with Crippen molar-refractivity contribution in [1.29, 1.82) is 0 Å². The first-order chi connectivity index (χ1) is 11.6. The maximum atomic E-state index is 12.9. The molecule has 0 unspecified atom stereocenters. The maximum absolute atomic E-state index is 12.9. The predicted octanol–water partition coefficient (Wildman–Crippen LogP) is 3.81. The summed E-state index contributed by atoms with van der Waals surface area (Å²) in [6, 6.07) is 11.7. The minimum atomic E-state index is -0.304. The van der Waals surface area contributed by atoms with Crippen LogP contribution >= 0.6 is 0 Å². The Morgan fingerprint density at radius 1 is 1.04 bits per heavy atom. The Bertz CT molecular complexity index is 839. The third-order valence-electron chi connectivity index (χ3n) is 3.28. The summed E-state index contributed by atoms with van der Waals surface area (Å²) in [5.74, 6) is 1.21. The Kier molecular flexibility index (Phi) is 4.51. The van der Waals surface area contributed by atoms with E-state index in [-0.39, 0.29) is 5.82 Å². The van der Waals surface area contributed by atoms with Crippen LogP contribution in [-0.2, 0) is 0 Å². The van der Waals surface area contributed by atoms with E-state index in [4.69, 9.17) is 4.74 Å². The van der Waals surface area contributed by atoms with E-state index < -0.39 is 0 Å². The molecule has 1 aromatic heterocycles. The summed E-state index contributed by atoms with van der Waals surface area (Å²) in [6.45, 7) is 1.99. The number of ether oxygens (including phenoxy) is 1. The third-order valence-corrected chi connectivity index (χ3v) is 3.28. The Hall–Kier alpha value is -3.22. The van der Waals surface area contributed by atoms with E-state index in [9.17, 15) is 4.39 Å².